The highest BCUT2D eigenvalue weighted by molar-refractivity contribution is 4.99. The molecule has 0 aromatic heterocycles. The number of nitrogens with one attached hydrogen (secondary N) is 1. The second kappa shape index (κ2) is 4.89. The number of nitrogens with two attached hydrogens (primary N) is 1. The van der Waals surface area contributed by atoms with E-state index in [1.165, 1.54) is 19.3 Å². The molecular weight excluding hydrogens is 208 g/mol. The molecule has 2 aliphatic carbocycles. The van der Waals surface area contributed by atoms with Gasteiger partial charge in [0.15, 0.2) is 0 Å². The Labute approximate surface area is 107 Å². The van der Waals surface area contributed by atoms with Crippen LogP contribution in [0.25, 0.3) is 0 Å². The lowest BCUT2D eigenvalue weighted by atomic mass is 9.80. The van der Waals surface area contributed by atoms with Crippen LogP contribution in [0.5, 0.6) is 0 Å². The summed E-state index contributed by atoms with van der Waals surface area (Å²) in [5.74, 6) is 3.23. The predicted octanol–water partition coefficient (Wildman–Crippen LogP) is 2.63. The summed E-state index contributed by atoms with van der Waals surface area (Å²) >= 11 is 0. The molecule has 2 fully saturated rings. The van der Waals surface area contributed by atoms with Gasteiger partial charge in [-0.25, -0.2) is 0 Å². The van der Waals surface area contributed by atoms with E-state index in [1.807, 2.05) is 0 Å². The molecule has 3 N–H and O–H groups in total. The smallest absolute Gasteiger partial charge is 0.0110 e. The van der Waals surface area contributed by atoms with Crippen LogP contribution in [0.4, 0.5) is 0 Å². The van der Waals surface area contributed by atoms with Crippen molar-refractivity contribution >= 4 is 0 Å². The summed E-state index contributed by atoms with van der Waals surface area (Å²) in [5, 5.41) is 3.68. The molecule has 0 spiro atoms. The molecule has 0 heterocycles. The Bertz CT molecular complexity index is 258. The van der Waals surface area contributed by atoms with Crippen LogP contribution >= 0.6 is 0 Å². The van der Waals surface area contributed by atoms with Crippen molar-refractivity contribution in [3.8, 4) is 0 Å². The summed E-state index contributed by atoms with van der Waals surface area (Å²) in [7, 11) is 0. The second-order valence-electron chi connectivity index (χ2n) is 7.35. The van der Waals surface area contributed by atoms with Gasteiger partial charge in [0.2, 0.25) is 0 Å². The minimum atomic E-state index is 0.391. The fourth-order valence-corrected chi connectivity index (χ4v) is 3.52. The van der Waals surface area contributed by atoms with E-state index in [1.54, 1.807) is 0 Å². The average Bonchev–Trinajstić information content (AvgIpc) is 2.81. The Balaban J connectivity index is 1.76. The van der Waals surface area contributed by atoms with E-state index >= 15 is 0 Å². The van der Waals surface area contributed by atoms with Gasteiger partial charge in [-0.15, -0.1) is 0 Å². The number of hydrogen-bond acceptors (Lipinski definition) is 2. The van der Waals surface area contributed by atoms with Crippen LogP contribution < -0.4 is 11.1 Å². The first kappa shape index (κ1) is 13.4. The fourth-order valence-electron chi connectivity index (χ4n) is 3.52. The molecule has 2 nitrogen and oxygen atoms in total. The summed E-state index contributed by atoms with van der Waals surface area (Å²) in [6, 6.07) is 0.475. The Morgan fingerprint density at radius 2 is 1.88 bits per heavy atom. The Morgan fingerprint density at radius 3 is 2.41 bits per heavy atom. The average molecular weight is 238 g/mol. The highest BCUT2D eigenvalue weighted by Gasteiger charge is 2.45. The summed E-state index contributed by atoms with van der Waals surface area (Å²) < 4.78 is 0. The van der Waals surface area contributed by atoms with Gasteiger partial charge in [0.05, 0.1) is 0 Å². The summed E-state index contributed by atoms with van der Waals surface area (Å²) in [6.07, 6.45) is 4.22. The van der Waals surface area contributed by atoms with Crippen molar-refractivity contribution in [3.63, 3.8) is 0 Å². The molecule has 0 amide bonds. The third-order valence-corrected chi connectivity index (χ3v) is 5.68. The van der Waals surface area contributed by atoms with E-state index in [9.17, 15) is 0 Å². The lowest BCUT2D eigenvalue weighted by molar-refractivity contribution is 0.216. The zero-order valence-corrected chi connectivity index (χ0v) is 12.0. The first-order valence-corrected chi connectivity index (χ1v) is 7.38. The van der Waals surface area contributed by atoms with Crippen LogP contribution in [0.15, 0.2) is 0 Å². The van der Waals surface area contributed by atoms with Gasteiger partial charge in [-0.2, -0.15) is 0 Å². The molecule has 2 rings (SSSR count). The van der Waals surface area contributed by atoms with Gasteiger partial charge in [0.1, 0.15) is 0 Å². The SMILES string of the molecule is CC(C)C(C)(C)CNCC1C2CCC(C2)C1N. The summed E-state index contributed by atoms with van der Waals surface area (Å²) in [4.78, 5) is 0. The molecule has 17 heavy (non-hydrogen) atoms. The van der Waals surface area contributed by atoms with Gasteiger partial charge in [-0.05, 0) is 54.9 Å². The van der Waals surface area contributed by atoms with Gasteiger partial charge >= 0.3 is 0 Å². The van der Waals surface area contributed by atoms with Crippen LogP contribution in [-0.2, 0) is 0 Å². The van der Waals surface area contributed by atoms with Crippen molar-refractivity contribution in [2.75, 3.05) is 13.1 Å². The zero-order chi connectivity index (χ0) is 12.6. The van der Waals surface area contributed by atoms with E-state index in [0.29, 0.717) is 11.5 Å². The normalized spacial score (nSPS) is 37.1. The van der Waals surface area contributed by atoms with E-state index < -0.39 is 0 Å². The van der Waals surface area contributed by atoms with Crippen molar-refractivity contribution in [1.82, 2.24) is 5.32 Å². The molecule has 4 unspecified atom stereocenters. The maximum absolute atomic E-state index is 6.33. The van der Waals surface area contributed by atoms with Crippen molar-refractivity contribution < 1.29 is 0 Å². The van der Waals surface area contributed by atoms with E-state index in [-0.39, 0.29) is 0 Å². The highest BCUT2D eigenvalue weighted by Crippen LogP contribution is 2.47. The summed E-state index contributed by atoms with van der Waals surface area (Å²) in [6.45, 7) is 11.6. The first-order valence-electron chi connectivity index (χ1n) is 7.38. The van der Waals surface area contributed by atoms with E-state index in [2.05, 4.69) is 33.0 Å². The molecule has 2 saturated carbocycles. The molecule has 0 saturated heterocycles. The molecule has 0 aromatic carbocycles. The van der Waals surface area contributed by atoms with Gasteiger partial charge in [0.25, 0.3) is 0 Å². The third-order valence-electron chi connectivity index (χ3n) is 5.68. The third kappa shape index (κ3) is 2.68. The van der Waals surface area contributed by atoms with Gasteiger partial charge in [0, 0.05) is 12.6 Å². The molecule has 2 aliphatic rings. The molecule has 2 bridgehead atoms. The molecule has 0 radical (unpaired) electrons. The van der Waals surface area contributed by atoms with Crippen LogP contribution in [0, 0.1) is 29.1 Å². The number of rotatable bonds is 5. The minimum Gasteiger partial charge on any atom is -0.327 e. The Morgan fingerprint density at radius 1 is 1.24 bits per heavy atom. The fraction of sp³-hybridized carbons (Fsp3) is 1.00. The van der Waals surface area contributed by atoms with Crippen molar-refractivity contribution in [1.29, 1.82) is 0 Å². The lowest BCUT2D eigenvalue weighted by Gasteiger charge is -2.33. The van der Waals surface area contributed by atoms with Crippen molar-refractivity contribution in [2.45, 2.75) is 53.0 Å². The maximum Gasteiger partial charge on any atom is 0.0110 e. The maximum atomic E-state index is 6.33. The molecule has 0 aromatic rings. The van der Waals surface area contributed by atoms with E-state index in [4.69, 9.17) is 5.73 Å². The Kier molecular flexibility index (Phi) is 3.84. The highest BCUT2D eigenvalue weighted by atomic mass is 14.9. The first-order chi connectivity index (χ1) is 7.92. The monoisotopic (exact) mass is 238 g/mol. The second-order valence-corrected chi connectivity index (χ2v) is 7.35. The van der Waals surface area contributed by atoms with Crippen molar-refractivity contribution in [3.05, 3.63) is 0 Å². The number of fused-ring (bicyclic) bond motifs is 2. The van der Waals surface area contributed by atoms with Crippen LogP contribution in [0.2, 0.25) is 0 Å². The molecular formula is C15H30N2. The molecule has 4 atom stereocenters. The zero-order valence-electron chi connectivity index (χ0n) is 12.0. The summed E-state index contributed by atoms with van der Waals surface area (Å²) in [5.41, 5.74) is 6.72. The standard InChI is InChI=1S/C15H30N2/c1-10(2)15(3,4)9-17-8-13-11-5-6-12(7-11)14(13)16/h10-14,17H,5-9,16H2,1-4H3. The van der Waals surface area contributed by atoms with Crippen LogP contribution in [0.1, 0.15) is 47.0 Å². The van der Waals surface area contributed by atoms with Gasteiger partial charge < -0.3 is 11.1 Å². The predicted molar refractivity (Wildman–Crippen MR) is 73.8 cm³/mol. The van der Waals surface area contributed by atoms with Crippen LogP contribution in [-0.4, -0.2) is 19.1 Å². The minimum absolute atomic E-state index is 0.391. The molecule has 100 valence electrons. The van der Waals surface area contributed by atoms with Crippen LogP contribution in [0.3, 0.4) is 0 Å². The topological polar surface area (TPSA) is 38.0 Å². The Hall–Kier alpha value is -0.0800. The molecule has 0 aliphatic heterocycles. The van der Waals surface area contributed by atoms with Gasteiger partial charge in [-0.3, -0.25) is 0 Å². The number of hydrogen-bond donors (Lipinski definition) is 2. The quantitative estimate of drug-likeness (QED) is 0.773. The van der Waals surface area contributed by atoms with Crippen molar-refractivity contribution in [2.24, 2.45) is 34.8 Å². The largest absolute Gasteiger partial charge is 0.327 e. The lowest BCUT2D eigenvalue weighted by Crippen LogP contribution is -2.43. The van der Waals surface area contributed by atoms with E-state index in [0.717, 1.165) is 36.8 Å². The van der Waals surface area contributed by atoms with Gasteiger partial charge in [-0.1, -0.05) is 27.7 Å². The molecule has 2 heteroatoms.